The molecule has 1 aliphatic heterocycles. The van der Waals surface area contributed by atoms with Crippen molar-refractivity contribution in [3.05, 3.63) is 0 Å². The van der Waals surface area contributed by atoms with Gasteiger partial charge in [0, 0.05) is 12.3 Å². The molecule has 0 aromatic rings. The molecule has 0 aromatic carbocycles. The Labute approximate surface area is 102 Å². The van der Waals surface area contributed by atoms with Crippen molar-refractivity contribution in [2.45, 2.75) is 38.2 Å². The van der Waals surface area contributed by atoms with Gasteiger partial charge in [-0.2, -0.15) is 11.8 Å². The molecule has 0 amide bonds. The van der Waals surface area contributed by atoms with Gasteiger partial charge < -0.3 is 19.9 Å². The van der Waals surface area contributed by atoms with Crippen LogP contribution in [0.5, 0.6) is 0 Å². The van der Waals surface area contributed by atoms with E-state index in [1.54, 1.807) is 11.8 Å². The van der Waals surface area contributed by atoms with Gasteiger partial charge in [0.2, 0.25) is 0 Å². The van der Waals surface area contributed by atoms with E-state index < -0.39 is 11.4 Å². The average Bonchev–Trinajstić information content (AvgIpc) is 2.16. The van der Waals surface area contributed by atoms with Crippen LogP contribution in [0, 0.1) is 0 Å². The molecule has 0 aromatic heterocycles. The van der Waals surface area contributed by atoms with E-state index in [-0.39, 0.29) is 6.04 Å². The van der Waals surface area contributed by atoms with Crippen LogP contribution in [-0.2, 0) is 9.47 Å². The van der Waals surface area contributed by atoms with Crippen LogP contribution in [0.15, 0.2) is 0 Å². The third-order valence-electron chi connectivity index (χ3n) is 2.49. The van der Waals surface area contributed by atoms with Crippen LogP contribution in [0.25, 0.3) is 0 Å². The summed E-state index contributed by atoms with van der Waals surface area (Å²) in [7, 11) is 0. The van der Waals surface area contributed by atoms with E-state index >= 15 is 0 Å². The van der Waals surface area contributed by atoms with E-state index in [2.05, 4.69) is 5.32 Å². The lowest BCUT2D eigenvalue weighted by Gasteiger charge is -2.36. The zero-order valence-electron chi connectivity index (χ0n) is 10.6. The molecular formula is C11H23NO3S. The number of ether oxygens (including phenoxy) is 2. The number of hydrogen-bond donors (Lipinski definition) is 2. The Bertz CT molecular complexity index is 211. The third-order valence-corrected chi connectivity index (χ3v) is 3.40. The molecule has 1 saturated heterocycles. The Morgan fingerprint density at radius 3 is 2.50 bits per heavy atom. The maximum Gasteiger partial charge on any atom is 0.162 e. The summed E-state index contributed by atoms with van der Waals surface area (Å²) in [6.07, 6.45) is 1.99. The molecule has 1 atom stereocenters. The third kappa shape index (κ3) is 5.01. The molecule has 4 nitrogen and oxygen atoms in total. The first-order chi connectivity index (χ1) is 7.35. The van der Waals surface area contributed by atoms with E-state index in [0.29, 0.717) is 19.8 Å². The first-order valence-corrected chi connectivity index (χ1v) is 6.97. The average molecular weight is 249 g/mol. The van der Waals surface area contributed by atoms with Crippen molar-refractivity contribution in [2.24, 2.45) is 0 Å². The lowest BCUT2D eigenvalue weighted by atomic mass is 10.1. The molecule has 16 heavy (non-hydrogen) atoms. The number of rotatable bonds is 5. The Morgan fingerprint density at radius 1 is 1.44 bits per heavy atom. The fourth-order valence-electron chi connectivity index (χ4n) is 1.54. The van der Waals surface area contributed by atoms with Gasteiger partial charge in [-0.25, -0.2) is 0 Å². The van der Waals surface area contributed by atoms with Crippen LogP contribution in [0.1, 0.15) is 20.8 Å². The quantitative estimate of drug-likeness (QED) is 0.756. The van der Waals surface area contributed by atoms with E-state index in [1.807, 2.05) is 27.0 Å². The second-order valence-electron chi connectivity index (χ2n) is 5.03. The first kappa shape index (κ1) is 14.3. The lowest BCUT2D eigenvalue weighted by molar-refractivity contribution is -0.253. The minimum Gasteiger partial charge on any atom is -0.388 e. The molecule has 0 bridgehead atoms. The van der Waals surface area contributed by atoms with Crippen LogP contribution in [-0.4, -0.2) is 54.3 Å². The van der Waals surface area contributed by atoms with Crippen LogP contribution < -0.4 is 5.32 Å². The fraction of sp³-hybridized carbons (Fsp3) is 1.00. The summed E-state index contributed by atoms with van der Waals surface area (Å²) in [5.41, 5.74) is -0.674. The van der Waals surface area contributed by atoms with Gasteiger partial charge in [-0.05, 0) is 27.0 Å². The summed E-state index contributed by atoms with van der Waals surface area (Å²) in [6, 6.07) is 0.168. The highest BCUT2D eigenvalue weighted by Crippen LogP contribution is 2.17. The largest absolute Gasteiger partial charge is 0.388 e. The van der Waals surface area contributed by atoms with Gasteiger partial charge in [0.05, 0.1) is 24.9 Å². The highest BCUT2D eigenvalue weighted by Gasteiger charge is 2.29. The molecule has 0 aliphatic carbocycles. The zero-order chi connectivity index (χ0) is 12.2. The number of thioether (sulfide) groups is 1. The van der Waals surface area contributed by atoms with Crippen molar-refractivity contribution >= 4 is 11.8 Å². The highest BCUT2D eigenvalue weighted by molar-refractivity contribution is 7.98. The summed E-state index contributed by atoms with van der Waals surface area (Å²) < 4.78 is 11.1. The van der Waals surface area contributed by atoms with E-state index in [1.165, 1.54) is 0 Å². The van der Waals surface area contributed by atoms with Gasteiger partial charge in [-0.15, -0.1) is 0 Å². The summed E-state index contributed by atoms with van der Waals surface area (Å²) in [4.78, 5) is 0. The van der Waals surface area contributed by atoms with Crippen LogP contribution in [0.3, 0.4) is 0 Å². The smallest absolute Gasteiger partial charge is 0.162 e. The Hall–Kier alpha value is 0.190. The van der Waals surface area contributed by atoms with Crippen molar-refractivity contribution in [1.29, 1.82) is 0 Å². The molecule has 1 aliphatic rings. The van der Waals surface area contributed by atoms with Crippen LogP contribution >= 0.6 is 11.8 Å². The fourth-order valence-corrected chi connectivity index (χ4v) is 2.26. The maximum absolute atomic E-state index is 9.98. The van der Waals surface area contributed by atoms with E-state index in [4.69, 9.17) is 9.47 Å². The minimum atomic E-state index is -0.674. The van der Waals surface area contributed by atoms with Crippen molar-refractivity contribution in [3.8, 4) is 0 Å². The molecule has 5 heteroatoms. The summed E-state index contributed by atoms with van der Waals surface area (Å²) in [5, 5.41) is 13.3. The van der Waals surface area contributed by atoms with Gasteiger partial charge >= 0.3 is 0 Å². The number of hydrogen-bond acceptors (Lipinski definition) is 5. The highest BCUT2D eigenvalue weighted by atomic mass is 32.2. The topological polar surface area (TPSA) is 50.7 Å². The molecule has 0 radical (unpaired) electrons. The van der Waals surface area contributed by atoms with E-state index in [9.17, 15) is 5.11 Å². The van der Waals surface area contributed by atoms with Crippen molar-refractivity contribution in [1.82, 2.24) is 5.32 Å². The summed E-state index contributed by atoms with van der Waals surface area (Å²) >= 11 is 1.64. The van der Waals surface area contributed by atoms with Gasteiger partial charge in [0.25, 0.3) is 0 Å². The lowest BCUT2D eigenvalue weighted by Crippen LogP contribution is -2.52. The van der Waals surface area contributed by atoms with Gasteiger partial charge in [-0.3, -0.25) is 0 Å². The van der Waals surface area contributed by atoms with Crippen LogP contribution in [0.4, 0.5) is 0 Å². The molecule has 1 fully saturated rings. The van der Waals surface area contributed by atoms with Crippen molar-refractivity contribution in [3.63, 3.8) is 0 Å². The summed E-state index contributed by atoms with van der Waals surface area (Å²) in [6.45, 7) is 7.47. The van der Waals surface area contributed by atoms with Gasteiger partial charge in [-0.1, -0.05) is 0 Å². The van der Waals surface area contributed by atoms with Crippen LogP contribution in [0.2, 0.25) is 0 Å². The predicted octanol–water partition coefficient (Wildman–Crippen LogP) is 0.841. The monoisotopic (exact) mass is 249 g/mol. The summed E-state index contributed by atoms with van der Waals surface area (Å²) in [5.74, 6) is 0.250. The maximum atomic E-state index is 9.98. The SMILES string of the molecule is CSCC(C)(O)CNC1COC(C)(C)OC1. The molecule has 1 rings (SSSR count). The second kappa shape index (κ2) is 5.69. The number of nitrogens with one attached hydrogen (secondary N) is 1. The molecule has 96 valence electrons. The molecular weight excluding hydrogens is 226 g/mol. The normalized spacial score (nSPS) is 25.3. The minimum absolute atomic E-state index is 0.168. The second-order valence-corrected chi connectivity index (χ2v) is 5.90. The molecule has 0 spiro atoms. The molecule has 1 heterocycles. The Morgan fingerprint density at radius 2 is 2.00 bits per heavy atom. The van der Waals surface area contributed by atoms with Gasteiger partial charge in [0.1, 0.15) is 0 Å². The van der Waals surface area contributed by atoms with Gasteiger partial charge in [0.15, 0.2) is 5.79 Å². The zero-order valence-corrected chi connectivity index (χ0v) is 11.4. The predicted molar refractivity (Wildman–Crippen MR) is 66.8 cm³/mol. The van der Waals surface area contributed by atoms with E-state index in [0.717, 1.165) is 5.75 Å². The molecule has 1 unspecified atom stereocenters. The Balaban J connectivity index is 2.24. The Kier molecular flexibility index (Phi) is 5.07. The number of aliphatic hydroxyl groups is 1. The standard InChI is InChI=1S/C11H23NO3S/c1-10(2)14-5-9(6-15-10)12-7-11(3,13)8-16-4/h9,12-13H,5-8H2,1-4H3. The molecule has 2 N–H and O–H groups in total. The van der Waals surface area contributed by atoms with Crippen molar-refractivity contribution in [2.75, 3.05) is 31.8 Å². The van der Waals surface area contributed by atoms with Crippen molar-refractivity contribution < 1.29 is 14.6 Å². The molecule has 0 saturated carbocycles. The first-order valence-electron chi connectivity index (χ1n) is 5.57.